The van der Waals surface area contributed by atoms with Crippen molar-refractivity contribution in [3.8, 4) is 0 Å². The van der Waals surface area contributed by atoms with Gasteiger partial charge in [-0.15, -0.1) is 0 Å². The normalized spacial score (nSPS) is 14.6. The molecule has 1 atom stereocenters. The van der Waals surface area contributed by atoms with E-state index >= 15 is 0 Å². The van der Waals surface area contributed by atoms with Crippen LogP contribution >= 0.6 is 0 Å². The molecule has 0 aromatic carbocycles. The fourth-order valence-electron chi connectivity index (χ4n) is 0.589. The first-order chi connectivity index (χ1) is 3.66. The van der Waals surface area contributed by atoms with Crippen molar-refractivity contribution >= 4 is 0 Å². The summed E-state index contributed by atoms with van der Waals surface area (Å²) in [6.07, 6.45) is 0.352. The molecule has 0 fully saturated rings. The SMILES string of the molecule is COC(C)CN(C)C. The van der Waals surface area contributed by atoms with Crippen molar-refractivity contribution in [3.63, 3.8) is 0 Å². The van der Waals surface area contributed by atoms with Gasteiger partial charge in [0.05, 0.1) is 6.10 Å². The fraction of sp³-hybridized carbons (Fsp3) is 1.00. The Morgan fingerprint density at radius 3 is 2.12 bits per heavy atom. The predicted molar refractivity (Wildman–Crippen MR) is 35.0 cm³/mol. The van der Waals surface area contributed by atoms with Crippen LogP contribution in [0, 0.1) is 0 Å². The van der Waals surface area contributed by atoms with Crippen LogP contribution in [-0.2, 0) is 4.74 Å². The highest BCUT2D eigenvalue weighted by Gasteiger charge is 1.98. The first kappa shape index (κ1) is 7.92. The summed E-state index contributed by atoms with van der Waals surface area (Å²) in [6, 6.07) is 0. The Balaban J connectivity index is 3.10. The van der Waals surface area contributed by atoms with Gasteiger partial charge in [0.25, 0.3) is 0 Å². The largest absolute Gasteiger partial charge is 0.380 e. The van der Waals surface area contributed by atoms with Gasteiger partial charge in [-0.2, -0.15) is 0 Å². The van der Waals surface area contributed by atoms with E-state index in [-0.39, 0.29) is 0 Å². The second kappa shape index (κ2) is 3.87. The average Bonchev–Trinajstić information content (AvgIpc) is 1.65. The Bertz CT molecular complexity index is 54.5. The van der Waals surface area contributed by atoms with Crippen molar-refractivity contribution in [1.29, 1.82) is 0 Å². The molecule has 0 aliphatic rings. The van der Waals surface area contributed by atoms with Crippen molar-refractivity contribution in [2.75, 3.05) is 27.7 Å². The van der Waals surface area contributed by atoms with Crippen molar-refractivity contribution in [1.82, 2.24) is 4.90 Å². The van der Waals surface area contributed by atoms with E-state index in [2.05, 4.69) is 11.8 Å². The zero-order chi connectivity index (χ0) is 6.57. The summed E-state index contributed by atoms with van der Waals surface area (Å²) < 4.78 is 5.02. The standard InChI is InChI=1S/C6H15NO/c1-6(8-4)5-7(2)3/h6H,5H2,1-4H3. The van der Waals surface area contributed by atoms with Gasteiger partial charge in [0.15, 0.2) is 0 Å². The number of hydrogen-bond acceptors (Lipinski definition) is 2. The van der Waals surface area contributed by atoms with Crippen LogP contribution in [0.5, 0.6) is 0 Å². The Kier molecular flexibility index (Phi) is 3.83. The molecular formula is C6H15NO. The van der Waals surface area contributed by atoms with Crippen LogP contribution in [0.4, 0.5) is 0 Å². The van der Waals surface area contributed by atoms with Crippen molar-refractivity contribution in [2.24, 2.45) is 0 Å². The van der Waals surface area contributed by atoms with Crippen LogP contribution in [0.15, 0.2) is 0 Å². The van der Waals surface area contributed by atoms with Gasteiger partial charge in [0.2, 0.25) is 0 Å². The first-order valence-corrected chi connectivity index (χ1v) is 2.84. The highest BCUT2D eigenvalue weighted by molar-refractivity contribution is 4.50. The molecule has 0 amide bonds. The lowest BCUT2D eigenvalue weighted by Crippen LogP contribution is -2.24. The summed E-state index contributed by atoms with van der Waals surface area (Å²) in [7, 11) is 5.80. The summed E-state index contributed by atoms with van der Waals surface area (Å²) in [5.41, 5.74) is 0. The minimum Gasteiger partial charge on any atom is -0.380 e. The van der Waals surface area contributed by atoms with Crippen LogP contribution in [0.3, 0.4) is 0 Å². The number of nitrogens with zero attached hydrogens (tertiary/aromatic N) is 1. The molecule has 0 saturated carbocycles. The molecule has 0 rings (SSSR count). The lowest BCUT2D eigenvalue weighted by Gasteiger charge is -2.14. The van der Waals surface area contributed by atoms with E-state index in [4.69, 9.17) is 4.74 Å². The second-order valence-electron chi connectivity index (χ2n) is 2.31. The molecule has 2 heteroatoms. The molecule has 0 saturated heterocycles. The van der Waals surface area contributed by atoms with Crippen molar-refractivity contribution < 1.29 is 4.74 Å². The Morgan fingerprint density at radius 1 is 1.50 bits per heavy atom. The maximum atomic E-state index is 5.02. The predicted octanol–water partition coefficient (Wildman–Crippen LogP) is 0.583. The molecule has 50 valence electrons. The van der Waals surface area contributed by atoms with Gasteiger partial charge in [-0.1, -0.05) is 0 Å². The van der Waals surface area contributed by atoms with Gasteiger partial charge in [0.1, 0.15) is 0 Å². The summed E-state index contributed by atoms with van der Waals surface area (Å²) in [6.45, 7) is 3.05. The monoisotopic (exact) mass is 117 g/mol. The zero-order valence-electron chi connectivity index (χ0n) is 6.14. The number of ether oxygens (including phenoxy) is 1. The van der Waals surface area contributed by atoms with E-state index in [0.717, 1.165) is 6.54 Å². The van der Waals surface area contributed by atoms with Crippen LogP contribution in [0.2, 0.25) is 0 Å². The summed E-state index contributed by atoms with van der Waals surface area (Å²) in [5, 5.41) is 0. The van der Waals surface area contributed by atoms with Gasteiger partial charge >= 0.3 is 0 Å². The molecule has 1 unspecified atom stereocenters. The Morgan fingerprint density at radius 2 is 2.00 bits per heavy atom. The highest BCUT2D eigenvalue weighted by Crippen LogP contribution is 1.87. The molecule has 0 aromatic rings. The van der Waals surface area contributed by atoms with Gasteiger partial charge in [-0.3, -0.25) is 0 Å². The molecule has 0 N–H and O–H groups in total. The maximum Gasteiger partial charge on any atom is 0.0669 e. The van der Waals surface area contributed by atoms with E-state index in [9.17, 15) is 0 Å². The average molecular weight is 117 g/mol. The lowest BCUT2D eigenvalue weighted by molar-refractivity contribution is 0.0929. The molecular weight excluding hydrogens is 102 g/mol. The maximum absolute atomic E-state index is 5.02. The third-order valence-corrected chi connectivity index (χ3v) is 1.02. The molecule has 0 radical (unpaired) electrons. The van der Waals surface area contributed by atoms with Crippen LogP contribution in [-0.4, -0.2) is 38.8 Å². The van der Waals surface area contributed by atoms with E-state index in [1.807, 2.05) is 14.1 Å². The first-order valence-electron chi connectivity index (χ1n) is 2.84. The quantitative estimate of drug-likeness (QED) is 0.536. The molecule has 0 aliphatic heterocycles. The van der Waals surface area contributed by atoms with Gasteiger partial charge in [-0.25, -0.2) is 0 Å². The van der Waals surface area contributed by atoms with Gasteiger partial charge in [0, 0.05) is 13.7 Å². The highest BCUT2D eigenvalue weighted by atomic mass is 16.5. The van der Waals surface area contributed by atoms with Crippen LogP contribution in [0.25, 0.3) is 0 Å². The third-order valence-electron chi connectivity index (χ3n) is 1.02. The minimum atomic E-state index is 0.352. The van der Waals surface area contributed by atoms with Crippen molar-refractivity contribution in [3.05, 3.63) is 0 Å². The van der Waals surface area contributed by atoms with E-state index < -0.39 is 0 Å². The van der Waals surface area contributed by atoms with Gasteiger partial charge in [-0.05, 0) is 21.0 Å². The topological polar surface area (TPSA) is 12.5 Å². The number of rotatable bonds is 3. The summed E-state index contributed by atoms with van der Waals surface area (Å²) >= 11 is 0. The van der Waals surface area contributed by atoms with Crippen LogP contribution in [0.1, 0.15) is 6.92 Å². The van der Waals surface area contributed by atoms with E-state index in [1.165, 1.54) is 0 Å². The van der Waals surface area contributed by atoms with Crippen molar-refractivity contribution in [2.45, 2.75) is 13.0 Å². The van der Waals surface area contributed by atoms with Gasteiger partial charge < -0.3 is 9.64 Å². The molecule has 2 nitrogen and oxygen atoms in total. The smallest absolute Gasteiger partial charge is 0.0669 e. The third kappa shape index (κ3) is 4.09. The summed E-state index contributed by atoms with van der Waals surface area (Å²) in [5.74, 6) is 0. The number of methoxy groups -OCH3 is 1. The lowest BCUT2D eigenvalue weighted by atomic mass is 10.4. The summed E-state index contributed by atoms with van der Waals surface area (Å²) in [4.78, 5) is 2.11. The molecule has 8 heavy (non-hydrogen) atoms. The van der Waals surface area contributed by atoms with Crippen LogP contribution < -0.4 is 0 Å². The number of hydrogen-bond donors (Lipinski definition) is 0. The Hall–Kier alpha value is -0.0800. The zero-order valence-corrected chi connectivity index (χ0v) is 6.14. The molecule has 0 spiro atoms. The second-order valence-corrected chi connectivity index (χ2v) is 2.31. The minimum absolute atomic E-state index is 0.352. The molecule has 0 aliphatic carbocycles. The molecule has 0 aromatic heterocycles. The van der Waals surface area contributed by atoms with E-state index in [1.54, 1.807) is 7.11 Å². The van der Waals surface area contributed by atoms with E-state index in [0.29, 0.717) is 6.10 Å². The molecule has 0 bridgehead atoms. The Labute approximate surface area is 51.4 Å². The molecule has 0 heterocycles. The fourth-order valence-corrected chi connectivity index (χ4v) is 0.589. The number of likely N-dealkylation sites (N-methyl/N-ethyl adjacent to an activating group) is 1.